The molecule has 1 N–H and O–H groups in total. The minimum absolute atomic E-state index is 0.0273. The molecule has 0 bridgehead atoms. The number of amides is 1. The van der Waals surface area contributed by atoms with Crippen molar-refractivity contribution in [3.05, 3.63) is 17.9 Å². The molecule has 1 amide bonds. The standard InChI is InChI=1S/C15H22N2O5S/c18-15(16-10-12-6-9-21-11-12)13-4-5-14(22-13)23(19,20)17-7-2-1-3-8-17/h4-5,12H,1-3,6-11H2,(H,16,18)/t12-/m0/s1. The normalized spacial score (nSPS) is 23.0. The molecule has 1 atom stereocenters. The molecule has 0 aromatic carbocycles. The summed E-state index contributed by atoms with van der Waals surface area (Å²) in [5.74, 6) is -0.0537. The number of ether oxygens (including phenoxy) is 1. The molecule has 2 fully saturated rings. The summed E-state index contributed by atoms with van der Waals surface area (Å²) in [7, 11) is -3.64. The highest BCUT2D eigenvalue weighted by Gasteiger charge is 2.29. The predicted octanol–water partition coefficient (Wildman–Crippen LogP) is 1.22. The summed E-state index contributed by atoms with van der Waals surface area (Å²) >= 11 is 0. The summed E-state index contributed by atoms with van der Waals surface area (Å²) in [6.45, 7) is 2.89. The van der Waals surface area contributed by atoms with E-state index in [1.54, 1.807) is 0 Å². The Balaban J connectivity index is 1.63. The maximum Gasteiger partial charge on any atom is 0.287 e. The van der Waals surface area contributed by atoms with E-state index in [2.05, 4.69) is 5.32 Å². The first kappa shape index (κ1) is 16.5. The van der Waals surface area contributed by atoms with Gasteiger partial charge >= 0.3 is 0 Å². The molecule has 7 nitrogen and oxygen atoms in total. The molecule has 3 rings (SSSR count). The van der Waals surface area contributed by atoms with Gasteiger partial charge in [0.05, 0.1) is 6.61 Å². The molecule has 1 aromatic heterocycles. The van der Waals surface area contributed by atoms with Gasteiger partial charge in [-0.25, -0.2) is 8.42 Å². The smallest absolute Gasteiger partial charge is 0.287 e. The van der Waals surface area contributed by atoms with Crippen LogP contribution in [0.3, 0.4) is 0 Å². The van der Waals surface area contributed by atoms with E-state index in [9.17, 15) is 13.2 Å². The molecular weight excluding hydrogens is 320 g/mol. The molecule has 3 heterocycles. The van der Waals surface area contributed by atoms with E-state index in [-0.39, 0.29) is 10.9 Å². The third-order valence-electron chi connectivity index (χ3n) is 4.29. The molecule has 1 aromatic rings. The quantitative estimate of drug-likeness (QED) is 0.869. The molecule has 128 valence electrons. The lowest BCUT2D eigenvalue weighted by Crippen LogP contribution is -2.35. The van der Waals surface area contributed by atoms with Crippen molar-refractivity contribution >= 4 is 15.9 Å². The highest BCUT2D eigenvalue weighted by molar-refractivity contribution is 7.89. The highest BCUT2D eigenvalue weighted by Crippen LogP contribution is 2.22. The Bertz CT molecular complexity index is 643. The number of hydrogen-bond acceptors (Lipinski definition) is 5. The SMILES string of the molecule is O=C(NC[C@@H]1CCOC1)c1ccc(S(=O)(=O)N2CCCCC2)o1. The van der Waals surface area contributed by atoms with Crippen LogP contribution in [0.5, 0.6) is 0 Å². The zero-order valence-electron chi connectivity index (χ0n) is 13.0. The number of furan rings is 1. The van der Waals surface area contributed by atoms with E-state index in [1.165, 1.54) is 16.4 Å². The summed E-state index contributed by atoms with van der Waals surface area (Å²) in [5.41, 5.74) is 0. The van der Waals surface area contributed by atoms with Gasteiger partial charge in [0.2, 0.25) is 5.09 Å². The number of sulfonamides is 1. The summed E-state index contributed by atoms with van der Waals surface area (Å²) in [6, 6.07) is 2.77. The first-order valence-corrected chi connectivity index (χ1v) is 9.47. The van der Waals surface area contributed by atoms with Crippen molar-refractivity contribution in [3.8, 4) is 0 Å². The van der Waals surface area contributed by atoms with Crippen LogP contribution in [0.1, 0.15) is 36.2 Å². The Morgan fingerprint density at radius 2 is 2.04 bits per heavy atom. The van der Waals surface area contributed by atoms with E-state index < -0.39 is 15.9 Å². The summed E-state index contributed by atoms with van der Waals surface area (Å²) < 4.78 is 36.9. The topological polar surface area (TPSA) is 88.8 Å². The molecule has 0 saturated carbocycles. The Morgan fingerprint density at radius 3 is 2.74 bits per heavy atom. The number of hydrogen-bond donors (Lipinski definition) is 1. The second kappa shape index (κ2) is 7.02. The van der Waals surface area contributed by atoms with Crippen molar-refractivity contribution in [3.63, 3.8) is 0 Å². The van der Waals surface area contributed by atoms with Gasteiger partial charge < -0.3 is 14.5 Å². The third kappa shape index (κ3) is 3.76. The molecule has 2 aliphatic heterocycles. The maximum absolute atomic E-state index is 12.5. The lowest BCUT2D eigenvalue weighted by Gasteiger charge is -2.24. The molecule has 0 radical (unpaired) electrons. The van der Waals surface area contributed by atoms with Gasteiger partial charge in [0.15, 0.2) is 5.76 Å². The van der Waals surface area contributed by atoms with Gasteiger partial charge in [-0.05, 0) is 31.4 Å². The fourth-order valence-corrected chi connectivity index (χ4v) is 4.31. The Morgan fingerprint density at radius 1 is 1.26 bits per heavy atom. The fraction of sp³-hybridized carbons (Fsp3) is 0.667. The second-order valence-electron chi connectivity index (χ2n) is 6.02. The number of rotatable bonds is 5. The van der Waals surface area contributed by atoms with Crippen LogP contribution in [0.15, 0.2) is 21.6 Å². The monoisotopic (exact) mass is 342 g/mol. The van der Waals surface area contributed by atoms with Gasteiger partial charge in [0.25, 0.3) is 15.9 Å². The van der Waals surface area contributed by atoms with Crippen LogP contribution < -0.4 is 5.32 Å². The highest BCUT2D eigenvalue weighted by atomic mass is 32.2. The van der Waals surface area contributed by atoms with E-state index >= 15 is 0 Å². The molecule has 23 heavy (non-hydrogen) atoms. The molecule has 0 unspecified atom stereocenters. The maximum atomic E-state index is 12.5. The molecule has 0 spiro atoms. The summed E-state index contributed by atoms with van der Waals surface area (Å²) in [4.78, 5) is 12.1. The first-order chi connectivity index (χ1) is 11.1. The Hall–Kier alpha value is -1.38. The molecule has 2 aliphatic rings. The summed E-state index contributed by atoms with van der Waals surface area (Å²) in [5, 5.41) is 2.61. The van der Waals surface area contributed by atoms with Crippen molar-refractivity contribution < 1.29 is 22.4 Å². The van der Waals surface area contributed by atoms with Crippen LogP contribution in [-0.2, 0) is 14.8 Å². The van der Waals surface area contributed by atoms with Gasteiger partial charge in [-0.2, -0.15) is 4.31 Å². The van der Waals surface area contributed by atoms with E-state index in [1.807, 2.05) is 0 Å². The second-order valence-corrected chi connectivity index (χ2v) is 7.89. The number of carbonyl (C=O) groups is 1. The molecular formula is C15H22N2O5S. The largest absolute Gasteiger partial charge is 0.438 e. The van der Waals surface area contributed by atoms with Crippen molar-refractivity contribution in [2.24, 2.45) is 5.92 Å². The zero-order valence-corrected chi connectivity index (χ0v) is 13.8. The number of nitrogens with one attached hydrogen (secondary N) is 1. The van der Waals surface area contributed by atoms with Crippen LogP contribution in [0, 0.1) is 5.92 Å². The number of carbonyl (C=O) groups excluding carboxylic acids is 1. The van der Waals surface area contributed by atoms with Gasteiger partial charge in [-0.15, -0.1) is 0 Å². The van der Waals surface area contributed by atoms with Crippen LogP contribution in [0.2, 0.25) is 0 Å². The average Bonchev–Trinajstić information content (AvgIpc) is 3.25. The van der Waals surface area contributed by atoms with Gasteiger partial charge in [-0.3, -0.25) is 4.79 Å². The van der Waals surface area contributed by atoms with Gasteiger partial charge in [-0.1, -0.05) is 6.42 Å². The van der Waals surface area contributed by atoms with E-state index in [0.717, 1.165) is 32.3 Å². The van der Waals surface area contributed by atoms with Gasteiger partial charge in [0.1, 0.15) is 0 Å². The van der Waals surface area contributed by atoms with Crippen molar-refractivity contribution in [1.82, 2.24) is 9.62 Å². The number of nitrogens with zero attached hydrogens (tertiary/aromatic N) is 1. The fourth-order valence-electron chi connectivity index (χ4n) is 2.88. The molecule has 8 heteroatoms. The van der Waals surface area contributed by atoms with Crippen LogP contribution >= 0.6 is 0 Å². The average molecular weight is 342 g/mol. The van der Waals surface area contributed by atoms with Crippen molar-refractivity contribution in [2.75, 3.05) is 32.8 Å². The van der Waals surface area contributed by atoms with Crippen molar-refractivity contribution in [2.45, 2.75) is 30.8 Å². The zero-order chi connectivity index (χ0) is 16.3. The lowest BCUT2D eigenvalue weighted by atomic mass is 10.1. The van der Waals surface area contributed by atoms with Crippen LogP contribution in [-0.4, -0.2) is 51.5 Å². The van der Waals surface area contributed by atoms with E-state index in [4.69, 9.17) is 9.15 Å². The van der Waals surface area contributed by atoms with Crippen LogP contribution in [0.4, 0.5) is 0 Å². The van der Waals surface area contributed by atoms with Gasteiger partial charge in [0, 0.05) is 32.2 Å². The Labute approximate surface area is 136 Å². The number of piperidine rings is 1. The minimum atomic E-state index is -3.64. The Kier molecular flexibility index (Phi) is 5.03. The molecule has 2 saturated heterocycles. The first-order valence-electron chi connectivity index (χ1n) is 8.03. The van der Waals surface area contributed by atoms with Crippen molar-refractivity contribution in [1.29, 1.82) is 0 Å². The minimum Gasteiger partial charge on any atom is -0.438 e. The van der Waals surface area contributed by atoms with E-state index in [0.29, 0.717) is 32.2 Å². The predicted molar refractivity (Wildman–Crippen MR) is 82.6 cm³/mol. The summed E-state index contributed by atoms with van der Waals surface area (Å²) in [6.07, 6.45) is 3.68. The lowest BCUT2D eigenvalue weighted by molar-refractivity contribution is 0.0911. The third-order valence-corrected chi connectivity index (χ3v) is 6.06. The molecule has 0 aliphatic carbocycles. The van der Waals surface area contributed by atoms with Crippen LogP contribution in [0.25, 0.3) is 0 Å².